The molecule has 3 aromatic rings. The summed E-state index contributed by atoms with van der Waals surface area (Å²) in [5.74, 6) is -1.56. The minimum absolute atomic E-state index is 0.340. The van der Waals surface area contributed by atoms with Crippen LogP contribution >= 0.6 is 11.6 Å². The minimum Gasteiger partial charge on any atom is -0.481 e. The number of hydrogen-bond acceptors (Lipinski definition) is 2. The summed E-state index contributed by atoms with van der Waals surface area (Å²) in [4.78, 5) is 15.9. The van der Waals surface area contributed by atoms with E-state index in [1.807, 2.05) is 36.4 Å². The van der Waals surface area contributed by atoms with E-state index >= 15 is 0 Å². The Kier molecular flexibility index (Phi) is 3.62. The van der Waals surface area contributed by atoms with Gasteiger partial charge in [0.15, 0.2) is 0 Å². The van der Waals surface area contributed by atoms with E-state index in [0.29, 0.717) is 17.1 Å². The maximum absolute atomic E-state index is 11.7. The molecule has 0 radical (unpaired) electrons. The van der Waals surface area contributed by atoms with E-state index in [2.05, 4.69) is 4.98 Å². The molecule has 0 aliphatic heterocycles. The van der Waals surface area contributed by atoms with Crippen molar-refractivity contribution in [3.05, 3.63) is 71.1 Å². The Morgan fingerprint density at radius 3 is 2.81 bits per heavy atom. The zero-order valence-corrected chi connectivity index (χ0v) is 11.9. The number of benzene rings is 1. The van der Waals surface area contributed by atoms with Crippen molar-refractivity contribution in [2.24, 2.45) is 0 Å². The lowest BCUT2D eigenvalue weighted by molar-refractivity contribution is -0.138. The number of aliphatic carboxylic acids is 1. The molecule has 4 nitrogen and oxygen atoms in total. The number of aromatic nitrogens is 2. The molecule has 1 atom stereocenters. The molecule has 0 bridgehead atoms. The zero-order chi connectivity index (χ0) is 14.8. The number of carboxylic acid groups (broad SMARTS) is 1. The summed E-state index contributed by atoms with van der Waals surface area (Å²) in [6.45, 7) is 0. The molecular weight excluding hydrogens is 288 g/mol. The summed E-state index contributed by atoms with van der Waals surface area (Å²) < 4.78 is 1.80. The molecule has 1 unspecified atom stereocenters. The van der Waals surface area contributed by atoms with Crippen LogP contribution in [0, 0.1) is 0 Å². The van der Waals surface area contributed by atoms with Gasteiger partial charge in [0.2, 0.25) is 0 Å². The molecule has 2 aromatic heterocycles. The van der Waals surface area contributed by atoms with Crippen LogP contribution in [0.2, 0.25) is 5.02 Å². The highest BCUT2D eigenvalue weighted by atomic mass is 35.5. The molecule has 1 aromatic carbocycles. The molecule has 21 heavy (non-hydrogen) atoms. The molecule has 0 amide bonds. The summed E-state index contributed by atoms with van der Waals surface area (Å²) in [5.41, 5.74) is 2.25. The Balaban J connectivity index is 2.05. The van der Waals surface area contributed by atoms with Crippen LogP contribution in [0.4, 0.5) is 0 Å². The number of fused-ring (bicyclic) bond motifs is 1. The molecule has 5 heteroatoms. The Bertz CT molecular complexity index is 798. The number of hydrogen-bond donors (Lipinski definition) is 1. The number of rotatable bonds is 4. The highest BCUT2D eigenvalue weighted by molar-refractivity contribution is 6.31. The second-order valence-electron chi connectivity index (χ2n) is 4.79. The first kappa shape index (κ1) is 13.6. The van der Waals surface area contributed by atoms with Gasteiger partial charge in [-0.25, -0.2) is 4.98 Å². The standard InChI is InChI=1S/C16H13ClN2O2/c17-13-5-2-1-4-11(13)10-12(16(20)21)14-6-3-7-15-18-8-9-19(14)15/h1-9,12H,10H2,(H,20,21). The first-order valence-electron chi connectivity index (χ1n) is 6.55. The number of nitrogens with zero attached hydrogens (tertiary/aromatic N) is 2. The first-order chi connectivity index (χ1) is 10.2. The van der Waals surface area contributed by atoms with Crippen molar-refractivity contribution in [2.45, 2.75) is 12.3 Å². The number of halogens is 1. The summed E-state index contributed by atoms with van der Waals surface area (Å²) in [6, 6.07) is 12.8. The molecule has 0 aliphatic rings. The predicted molar refractivity (Wildman–Crippen MR) is 80.7 cm³/mol. The lowest BCUT2D eigenvalue weighted by Gasteiger charge is -2.15. The van der Waals surface area contributed by atoms with Gasteiger partial charge in [0, 0.05) is 23.1 Å². The van der Waals surface area contributed by atoms with Gasteiger partial charge >= 0.3 is 5.97 Å². The van der Waals surface area contributed by atoms with Gasteiger partial charge in [-0.2, -0.15) is 0 Å². The molecule has 106 valence electrons. The normalized spacial score (nSPS) is 12.4. The van der Waals surface area contributed by atoms with Crippen molar-refractivity contribution in [1.29, 1.82) is 0 Å². The monoisotopic (exact) mass is 300 g/mol. The Hall–Kier alpha value is -2.33. The van der Waals surface area contributed by atoms with Gasteiger partial charge in [-0.15, -0.1) is 0 Å². The van der Waals surface area contributed by atoms with Crippen LogP contribution in [-0.4, -0.2) is 20.5 Å². The van der Waals surface area contributed by atoms with Crippen LogP contribution in [0.25, 0.3) is 5.65 Å². The smallest absolute Gasteiger partial charge is 0.312 e. The van der Waals surface area contributed by atoms with Gasteiger partial charge < -0.3 is 9.51 Å². The van der Waals surface area contributed by atoms with Crippen LogP contribution in [0.5, 0.6) is 0 Å². The Morgan fingerprint density at radius 2 is 2.05 bits per heavy atom. The third-order valence-corrected chi connectivity index (χ3v) is 3.87. The lowest BCUT2D eigenvalue weighted by atomic mass is 9.95. The minimum atomic E-state index is -0.879. The van der Waals surface area contributed by atoms with E-state index in [0.717, 1.165) is 11.2 Å². The fourth-order valence-electron chi connectivity index (χ4n) is 2.46. The maximum Gasteiger partial charge on any atom is 0.312 e. The van der Waals surface area contributed by atoms with Gasteiger partial charge in [-0.1, -0.05) is 35.9 Å². The van der Waals surface area contributed by atoms with Crippen molar-refractivity contribution < 1.29 is 9.90 Å². The van der Waals surface area contributed by atoms with Crippen molar-refractivity contribution in [3.63, 3.8) is 0 Å². The van der Waals surface area contributed by atoms with Crippen LogP contribution in [0.3, 0.4) is 0 Å². The van der Waals surface area contributed by atoms with Crippen LogP contribution < -0.4 is 0 Å². The van der Waals surface area contributed by atoms with Gasteiger partial charge in [0.05, 0.1) is 0 Å². The van der Waals surface area contributed by atoms with Gasteiger partial charge in [0.25, 0.3) is 0 Å². The van der Waals surface area contributed by atoms with Gasteiger partial charge in [-0.3, -0.25) is 4.79 Å². The highest BCUT2D eigenvalue weighted by Gasteiger charge is 2.23. The predicted octanol–water partition coefficient (Wildman–Crippen LogP) is 3.40. The summed E-state index contributed by atoms with van der Waals surface area (Å²) in [6.07, 6.45) is 3.77. The number of carboxylic acids is 1. The highest BCUT2D eigenvalue weighted by Crippen LogP contribution is 2.26. The fourth-order valence-corrected chi connectivity index (χ4v) is 2.67. The molecule has 0 spiro atoms. The first-order valence-corrected chi connectivity index (χ1v) is 6.93. The van der Waals surface area contributed by atoms with E-state index in [1.165, 1.54) is 0 Å². The number of pyridine rings is 1. The van der Waals surface area contributed by atoms with Crippen molar-refractivity contribution in [3.8, 4) is 0 Å². The molecule has 3 rings (SSSR count). The third kappa shape index (κ3) is 2.62. The van der Waals surface area contributed by atoms with E-state index in [1.54, 1.807) is 22.9 Å². The summed E-state index contributed by atoms with van der Waals surface area (Å²) in [5, 5.41) is 10.2. The molecule has 2 heterocycles. The van der Waals surface area contributed by atoms with Crippen molar-refractivity contribution in [2.75, 3.05) is 0 Å². The largest absolute Gasteiger partial charge is 0.481 e. The van der Waals surface area contributed by atoms with E-state index in [-0.39, 0.29) is 0 Å². The van der Waals surface area contributed by atoms with Crippen LogP contribution in [-0.2, 0) is 11.2 Å². The Morgan fingerprint density at radius 1 is 1.24 bits per heavy atom. The second-order valence-corrected chi connectivity index (χ2v) is 5.20. The topological polar surface area (TPSA) is 54.6 Å². The molecule has 0 fully saturated rings. The zero-order valence-electron chi connectivity index (χ0n) is 11.1. The van der Waals surface area contributed by atoms with E-state index < -0.39 is 11.9 Å². The second kappa shape index (κ2) is 5.58. The quantitative estimate of drug-likeness (QED) is 0.803. The molecule has 0 saturated carbocycles. The summed E-state index contributed by atoms with van der Waals surface area (Å²) in [7, 11) is 0. The average molecular weight is 301 g/mol. The third-order valence-electron chi connectivity index (χ3n) is 3.50. The molecule has 0 aliphatic carbocycles. The average Bonchev–Trinajstić information content (AvgIpc) is 2.94. The lowest BCUT2D eigenvalue weighted by Crippen LogP contribution is -2.17. The molecular formula is C16H13ClN2O2. The van der Waals surface area contributed by atoms with Crippen LogP contribution in [0.1, 0.15) is 17.2 Å². The SMILES string of the molecule is O=C(O)C(Cc1ccccc1Cl)c1cccc2nccn12. The van der Waals surface area contributed by atoms with Crippen molar-refractivity contribution in [1.82, 2.24) is 9.38 Å². The van der Waals surface area contributed by atoms with E-state index in [4.69, 9.17) is 11.6 Å². The number of imidazole rings is 1. The van der Waals surface area contributed by atoms with Crippen LogP contribution in [0.15, 0.2) is 54.9 Å². The van der Waals surface area contributed by atoms with E-state index in [9.17, 15) is 9.90 Å². The molecule has 1 N–H and O–H groups in total. The number of carbonyl (C=O) groups is 1. The van der Waals surface area contributed by atoms with Crippen molar-refractivity contribution >= 4 is 23.2 Å². The summed E-state index contributed by atoms with van der Waals surface area (Å²) >= 11 is 6.15. The van der Waals surface area contributed by atoms with Gasteiger partial charge in [-0.05, 0) is 30.2 Å². The fraction of sp³-hybridized carbons (Fsp3) is 0.125. The van der Waals surface area contributed by atoms with Gasteiger partial charge in [0.1, 0.15) is 11.6 Å². The molecule has 0 saturated heterocycles. The Labute approximate surface area is 126 Å². The maximum atomic E-state index is 11.7.